The number of carbonyl (C=O) groups excluding carboxylic acids is 3. The number of aromatic nitrogens is 1. The maximum Gasteiger partial charge on any atom is 0.410 e. The van der Waals surface area contributed by atoms with E-state index in [-0.39, 0.29) is 49.5 Å². The van der Waals surface area contributed by atoms with Gasteiger partial charge in [-0.15, -0.1) is 11.3 Å². The van der Waals surface area contributed by atoms with Crippen LogP contribution in [0.5, 0.6) is 0 Å². The summed E-state index contributed by atoms with van der Waals surface area (Å²) in [5, 5.41) is 24.2. The molecule has 2 atom stereocenters. The van der Waals surface area contributed by atoms with Crippen LogP contribution < -0.4 is 37.3 Å². The van der Waals surface area contributed by atoms with Crippen molar-refractivity contribution in [1.29, 1.82) is 0 Å². The molecule has 3 heterocycles. The number of nitrogens with one attached hydrogen (secondary N) is 4. The highest BCUT2D eigenvalue weighted by atomic mass is 32.1. The fourth-order valence-electron chi connectivity index (χ4n) is 7.30. The molecule has 2 aromatic heterocycles. The number of nitrogens with zero attached hydrogens (tertiary/aromatic N) is 3. The number of aryl methyl sites for hydroxylation is 1. The van der Waals surface area contributed by atoms with Crippen LogP contribution in [-0.4, -0.2) is 96.7 Å². The summed E-state index contributed by atoms with van der Waals surface area (Å²) in [6.45, 7) is 5.04. The lowest BCUT2D eigenvalue weighted by Crippen LogP contribution is -2.49. The van der Waals surface area contributed by atoms with Crippen molar-refractivity contribution in [3.05, 3.63) is 128 Å². The van der Waals surface area contributed by atoms with Crippen LogP contribution in [0.2, 0.25) is 0 Å². The molecule has 0 radical (unpaired) electrons. The van der Waals surface area contributed by atoms with Crippen molar-refractivity contribution < 1.29 is 38.1 Å². The minimum absolute atomic E-state index is 0.00391. The van der Waals surface area contributed by atoms with Gasteiger partial charge in [-0.3, -0.25) is 4.79 Å². The number of ether oxygens (including phenoxy) is 2. The Morgan fingerprint density at radius 1 is 0.905 bits per heavy atom. The van der Waals surface area contributed by atoms with Crippen molar-refractivity contribution in [1.82, 2.24) is 25.4 Å². The number of primary amides is 1. The fourth-order valence-corrected chi connectivity index (χ4v) is 8.09. The number of carboxylic acid groups (broad SMARTS) is 1. The van der Waals surface area contributed by atoms with Crippen molar-refractivity contribution in [2.75, 3.05) is 56.0 Å². The Kier molecular flexibility index (Phi) is 16.3. The van der Waals surface area contributed by atoms with Gasteiger partial charge in [0.2, 0.25) is 5.43 Å². The zero-order valence-corrected chi connectivity index (χ0v) is 35.8. The largest absolute Gasteiger partial charge is 0.477 e. The minimum atomic E-state index is -1.37. The molecular formula is C45H53FN8O8S. The van der Waals surface area contributed by atoms with Gasteiger partial charge in [-0.05, 0) is 66.6 Å². The number of hydrogen-bond donors (Lipinski definition) is 6. The monoisotopic (exact) mass is 884 g/mol. The Bertz CT molecular complexity index is 2380. The van der Waals surface area contributed by atoms with E-state index in [1.165, 1.54) is 6.20 Å². The Labute approximate surface area is 368 Å². The number of anilines is 2. The van der Waals surface area contributed by atoms with Gasteiger partial charge in [-0.1, -0.05) is 48.5 Å². The molecule has 16 nitrogen and oxygen atoms in total. The Balaban J connectivity index is 0.988. The van der Waals surface area contributed by atoms with E-state index in [1.807, 2.05) is 72.1 Å². The third-order valence-electron chi connectivity index (χ3n) is 10.7. The van der Waals surface area contributed by atoms with Crippen molar-refractivity contribution in [3.8, 4) is 0 Å². The Hall–Kier alpha value is -6.66. The number of amides is 4. The number of urea groups is 1. The molecule has 0 aliphatic carbocycles. The van der Waals surface area contributed by atoms with E-state index in [0.717, 1.165) is 27.8 Å². The first-order valence-electron chi connectivity index (χ1n) is 20.8. The molecule has 4 amide bonds. The highest BCUT2D eigenvalue weighted by Gasteiger charge is 2.26. The first-order valence-corrected chi connectivity index (χ1v) is 21.7. The number of piperazine rings is 1. The van der Waals surface area contributed by atoms with E-state index < -0.39 is 41.0 Å². The van der Waals surface area contributed by atoms with E-state index in [0.29, 0.717) is 64.0 Å². The number of carbonyl (C=O) groups is 4. The highest BCUT2D eigenvalue weighted by Crippen LogP contribution is 2.27. The van der Waals surface area contributed by atoms with Crippen LogP contribution in [0, 0.1) is 5.82 Å². The third-order valence-corrected chi connectivity index (χ3v) is 11.6. The van der Waals surface area contributed by atoms with Crippen molar-refractivity contribution in [2.45, 2.75) is 58.0 Å². The summed E-state index contributed by atoms with van der Waals surface area (Å²) >= 11 is 1.62. The van der Waals surface area contributed by atoms with E-state index in [9.17, 15) is 29.1 Å². The Morgan fingerprint density at radius 3 is 2.32 bits per heavy atom. The van der Waals surface area contributed by atoms with Crippen LogP contribution in [0.4, 0.5) is 30.1 Å². The first-order chi connectivity index (χ1) is 30.5. The molecule has 1 fully saturated rings. The van der Waals surface area contributed by atoms with Crippen molar-refractivity contribution in [3.63, 3.8) is 0 Å². The zero-order valence-electron chi connectivity index (χ0n) is 35.0. The number of halogens is 1. The molecule has 0 unspecified atom stereocenters. The fraction of sp³-hybridized carbons (Fsp3) is 0.356. The van der Waals surface area contributed by atoms with Gasteiger partial charge >= 0.3 is 24.2 Å². The number of thiophene rings is 1. The van der Waals surface area contributed by atoms with Crippen molar-refractivity contribution in [2.24, 2.45) is 5.73 Å². The van der Waals surface area contributed by atoms with Crippen LogP contribution in [0.1, 0.15) is 46.1 Å². The summed E-state index contributed by atoms with van der Waals surface area (Å²) in [5.41, 5.74) is 7.34. The summed E-state index contributed by atoms with van der Waals surface area (Å²) in [6.07, 6.45) is 2.27. The summed E-state index contributed by atoms with van der Waals surface area (Å²) < 4.78 is 28.1. The predicted molar refractivity (Wildman–Crippen MR) is 240 cm³/mol. The van der Waals surface area contributed by atoms with E-state index in [2.05, 4.69) is 21.3 Å². The molecule has 63 heavy (non-hydrogen) atoms. The van der Waals surface area contributed by atoms with Crippen LogP contribution >= 0.6 is 11.3 Å². The lowest BCUT2D eigenvalue weighted by atomic mass is 10.1. The van der Waals surface area contributed by atoms with Crippen LogP contribution in [0.3, 0.4) is 0 Å². The van der Waals surface area contributed by atoms with E-state index in [4.69, 9.17) is 15.2 Å². The molecule has 0 spiro atoms. The standard InChI is InChI=1S/C45H53FN8O8S/c1-2-52-27-37(42(56)57)41(55)36-23-38(46)40(24-39(36)52)53-17-19-54(20-18-53)45(60)62-29-31-12-14-32(15-13-31)49-25-33(10-6-16-48-43(47)58)50-26-34(22-35-11-7-21-63-35)51-44(59)61-28-30-8-4-3-5-9-30/h3-5,7-9,11-15,21,23-24,27,33-34,49-50H,2,6,10,16-20,22,25-26,28-29H2,1H3,(H,51,59)(H,56,57)(H3,47,48,58)/t33-,34-/m1/s1. The predicted octanol–water partition coefficient (Wildman–Crippen LogP) is 5.74. The maximum absolute atomic E-state index is 15.4. The summed E-state index contributed by atoms with van der Waals surface area (Å²) in [5.74, 6) is -2.02. The number of fused-ring (bicyclic) bond motifs is 1. The number of hydrogen-bond acceptors (Lipinski definition) is 11. The van der Waals surface area contributed by atoms with Gasteiger partial charge in [0.15, 0.2) is 0 Å². The molecule has 3 aromatic carbocycles. The number of carboxylic acids is 1. The molecule has 7 N–H and O–H groups in total. The van der Waals surface area contributed by atoms with Gasteiger partial charge in [-0.25, -0.2) is 23.6 Å². The molecule has 6 rings (SSSR count). The second-order valence-electron chi connectivity index (χ2n) is 15.1. The number of aromatic carboxylic acids is 1. The molecule has 334 valence electrons. The summed E-state index contributed by atoms with van der Waals surface area (Å²) in [7, 11) is 0. The smallest absolute Gasteiger partial charge is 0.410 e. The number of rotatable bonds is 20. The van der Waals surface area contributed by atoms with Gasteiger partial charge in [0.1, 0.15) is 24.6 Å². The van der Waals surface area contributed by atoms with Crippen LogP contribution in [-0.2, 0) is 35.7 Å². The number of nitrogens with two attached hydrogens (primary N) is 1. The number of benzene rings is 3. The van der Waals surface area contributed by atoms with Crippen LogP contribution in [0.25, 0.3) is 10.9 Å². The van der Waals surface area contributed by atoms with Gasteiger partial charge in [0, 0.05) is 93.0 Å². The molecule has 5 aromatic rings. The maximum atomic E-state index is 15.4. The molecule has 1 aliphatic rings. The van der Waals surface area contributed by atoms with Gasteiger partial charge in [0.25, 0.3) is 0 Å². The number of pyridine rings is 1. The molecule has 0 saturated carbocycles. The average molecular weight is 885 g/mol. The minimum Gasteiger partial charge on any atom is -0.477 e. The SMILES string of the molecule is CCn1cc(C(=O)O)c(=O)c2cc(F)c(N3CCN(C(=O)OCc4ccc(NC[C@@H](CCCNC(N)=O)NC[C@@H](Cc5cccs5)NC(=O)OCc5ccccc5)cc4)CC3)cc21. The molecule has 1 saturated heterocycles. The average Bonchev–Trinajstić information content (AvgIpc) is 3.80. The number of alkyl carbamates (subject to hydrolysis) is 1. The van der Waals surface area contributed by atoms with E-state index in [1.54, 1.807) is 38.7 Å². The van der Waals surface area contributed by atoms with Crippen LogP contribution in [0.15, 0.2) is 95.2 Å². The van der Waals surface area contributed by atoms with E-state index >= 15 is 4.39 Å². The Morgan fingerprint density at radius 2 is 1.63 bits per heavy atom. The first kappa shape index (κ1) is 45.9. The third kappa shape index (κ3) is 13.2. The van der Waals surface area contributed by atoms with Gasteiger partial charge in [-0.2, -0.15) is 0 Å². The van der Waals surface area contributed by atoms with Crippen molar-refractivity contribution >= 4 is 57.8 Å². The van der Waals surface area contributed by atoms with Gasteiger partial charge < -0.3 is 55.9 Å². The molecular weight excluding hydrogens is 832 g/mol. The second-order valence-corrected chi connectivity index (χ2v) is 16.1. The molecule has 0 bridgehead atoms. The normalized spacial score (nSPS) is 13.6. The topological polar surface area (TPSA) is 210 Å². The quantitative estimate of drug-likeness (QED) is 0.0520. The highest BCUT2D eigenvalue weighted by molar-refractivity contribution is 7.09. The summed E-state index contributed by atoms with van der Waals surface area (Å²) in [4.78, 5) is 66.0. The molecule has 1 aliphatic heterocycles. The lowest BCUT2D eigenvalue weighted by molar-refractivity contribution is 0.0694. The molecule has 18 heteroatoms. The van der Waals surface area contributed by atoms with Gasteiger partial charge in [0.05, 0.1) is 11.2 Å². The zero-order chi connectivity index (χ0) is 44.7. The second kappa shape index (κ2) is 22.4. The summed E-state index contributed by atoms with van der Waals surface area (Å²) in [6, 6.07) is 22.8. The lowest BCUT2D eigenvalue weighted by Gasteiger charge is -2.35.